The van der Waals surface area contributed by atoms with Gasteiger partial charge in [0, 0.05) is 11.4 Å². The lowest BCUT2D eigenvalue weighted by atomic mass is 10.1. The molecular formula is C13H19ClN2O. The van der Waals surface area contributed by atoms with Gasteiger partial charge in [0.2, 0.25) is 5.91 Å². The van der Waals surface area contributed by atoms with Crippen molar-refractivity contribution in [1.29, 1.82) is 0 Å². The number of unbranched alkanes of at least 4 members (excludes halogenated alkanes) is 1. The molecule has 3 nitrogen and oxygen atoms in total. The monoisotopic (exact) mass is 254 g/mol. The number of carbonyl (C=O) groups is 1. The number of benzene rings is 1. The molecule has 0 aliphatic carbocycles. The molecule has 0 saturated carbocycles. The van der Waals surface area contributed by atoms with Crippen LogP contribution in [0.2, 0.25) is 5.02 Å². The molecule has 0 aliphatic heterocycles. The zero-order valence-electron chi connectivity index (χ0n) is 10.1. The first-order valence-corrected chi connectivity index (χ1v) is 6.26. The fourth-order valence-corrected chi connectivity index (χ4v) is 1.95. The molecule has 0 spiro atoms. The number of nitrogens with one attached hydrogen (secondary N) is 1. The Morgan fingerprint density at radius 3 is 2.76 bits per heavy atom. The van der Waals surface area contributed by atoms with Crippen LogP contribution in [0.25, 0.3) is 0 Å². The predicted octanol–water partition coefficient (Wildman–Crippen LogP) is 2.65. The van der Waals surface area contributed by atoms with Crippen LogP contribution in [0.5, 0.6) is 0 Å². The highest BCUT2D eigenvalue weighted by molar-refractivity contribution is 6.31. The second kappa shape index (κ2) is 7.30. The summed E-state index contributed by atoms with van der Waals surface area (Å²) in [6.45, 7) is 2.56. The largest absolute Gasteiger partial charge is 0.350 e. The van der Waals surface area contributed by atoms with Crippen LogP contribution < -0.4 is 11.1 Å². The molecule has 1 atom stereocenters. The second-order valence-corrected chi connectivity index (χ2v) is 4.46. The van der Waals surface area contributed by atoms with Crippen LogP contribution in [0.1, 0.15) is 37.8 Å². The Hall–Kier alpha value is -1.06. The Kier molecular flexibility index (Phi) is 6.01. The average Bonchev–Trinajstić information content (AvgIpc) is 2.29. The van der Waals surface area contributed by atoms with E-state index in [0.717, 1.165) is 18.4 Å². The molecule has 1 amide bonds. The van der Waals surface area contributed by atoms with Crippen molar-refractivity contribution in [3.8, 4) is 0 Å². The van der Waals surface area contributed by atoms with Crippen molar-refractivity contribution in [2.24, 2.45) is 5.73 Å². The Bertz CT molecular complexity index is 368. The summed E-state index contributed by atoms with van der Waals surface area (Å²) in [7, 11) is 0. The van der Waals surface area contributed by atoms with E-state index in [9.17, 15) is 4.79 Å². The van der Waals surface area contributed by atoms with Gasteiger partial charge >= 0.3 is 0 Å². The van der Waals surface area contributed by atoms with Crippen LogP contribution in [0.3, 0.4) is 0 Å². The van der Waals surface area contributed by atoms with Crippen molar-refractivity contribution in [3.63, 3.8) is 0 Å². The van der Waals surface area contributed by atoms with E-state index in [0.29, 0.717) is 18.0 Å². The van der Waals surface area contributed by atoms with E-state index in [1.165, 1.54) is 0 Å². The molecule has 0 bridgehead atoms. The molecule has 4 heteroatoms. The normalized spacial score (nSPS) is 12.2. The number of rotatable bonds is 6. The molecule has 1 aromatic carbocycles. The molecule has 94 valence electrons. The van der Waals surface area contributed by atoms with Crippen LogP contribution in [0.15, 0.2) is 24.3 Å². The molecule has 1 unspecified atom stereocenters. The van der Waals surface area contributed by atoms with Crippen LogP contribution in [0.4, 0.5) is 0 Å². The first-order valence-electron chi connectivity index (χ1n) is 5.89. The number of nitrogens with two attached hydrogens (primary N) is 1. The van der Waals surface area contributed by atoms with Crippen molar-refractivity contribution in [2.45, 2.75) is 32.2 Å². The van der Waals surface area contributed by atoms with Crippen molar-refractivity contribution in [1.82, 2.24) is 5.32 Å². The molecule has 0 saturated heterocycles. The third-order valence-electron chi connectivity index (χ3n) is 2.61. The molecule has 0 radical (unpaired) electrons. The molecule has 0 aliphatic rings. The second-order valence-electron chi connectivity index (χ2n) is 4.06. The van der Waals surface area contributed by atoms with E-state index >= 15 is 0 Å². The van der Waals surface area contributed by atoms with Crippen LogP contribution in [-0.4, -0.2) is 12.5 Å². The predicted molar refractivity (Wildman–Crippen MR) is 70.9 cm³/mol. The van der Waals surface area contributed by atoms with Crippen molar-refractivity contribution in [2.75, 3.05) is 6.54 Å². The summed E-state index contributed by atoms with van der Waals surface area (Å²) in [5.41, 5.74) is 6.32. The Morgan fingerprint density at radius 2 is 2.12 bits per heavy atom. The molecular weight excluding hydrogens is 236 g/mol. The smallest absolute Gasteiger partial charge is 0.220 e. The van der Waals surface area contributed by atoms with Gasteiger partial charge in [-0.3, -0.25) is 4.79 Å². The summed E-state index contributed by atoms with van der Waals surface area (Å²) < 4.78 is 0. The fraction of sp³-hybridized carbons (Fsp3) is 0.462. The van der Waals surface area contributed by atoms with E-state index in [1.54, 1.807) is 0 Å². The molecule has 0 heterocycles. The molecule has 1 aromatic rings. The molecule has 3 N–H and O–H groups in total. The molecule has 0 aromatic heterocycles. The van der Waals surface area contributed by atoms with Crippen molar-refractivity contribution < 1.29 is 4.79 Å². The highest BCUT2D eigenvalue weighted by Gasteiger charge is 2.11. The Labute approximate surface area is 107 Å². The minimum atomic E-state index is -0.0610. The third-order valence-corrected chi connectivity index (χ3v) is 2.95. The number of carbonyl (C=O) groups excluding carboxylic acids is 1. The van der Waals surface area contributed by atoms with Crippen molar-refractivity contribution in [3.05, 3.63) is 34.9 Å². The number of hydrogen-bond acceptors (Lipinski definition) is 2. The summed E-state index contributed by atoms with van der Waals surface area (Å²) in [5, 5.41) is 3.61. The quantitative estimate of drug-likeness (QED) is 0.767. The van der Waals surface area contributed by atoms with Gasteiger partial charge in [0.05, 0.1) is 6.04 Å². The molecule has 1 rings (SSSR count). The zero-order chi connectivity index (χ0) is 12.7. The van der Waals surface area contributed by atoms with Gasteiger partial charge in [-0.2, -0.15) is 0 Å². The van der Waals surface area contributed by atoms with Crippen molar-refractivity contribution >= 4 is 17.5 Å². The van der Waals surface area contributed by atoms with E-state index in [1.807, 2.05) is 31.2 Å². The van der Waals surface area contributed by atoms with Gasteiger partial charge in [0.15, 0.2) is 0 Å². The number of amides is 1. The van der Waals surface area contributed by atoms with Gasteiger partial charge in [-0.15, -0.1) is 0 Å². The maximum absolute atomic E-state index is 11.6. The maximum atomic E-state index is 11.6. The van der Waals surface area contributed by atoms with Gasteiger partial charge in [-0.25, -0.2) is 0 Å². The number of hydrogen-bond donors (Lipinski definition) is 2. The summed E-state index contributed by atoms with van der Waals surface area (Å²) in [6.07, 6.45) is 2.23. The topological polar surface area (TPSA) is 55.1 Å². The van der Waals surface area contributed by atoms with E-state index < -0.39 is 0 Å². The Balaban J connectivity index is 2.46. The van der Waals surface area contributed by atoms with E-state index in [4.69, 9.17) is 17.3 Å². The molecule has 0 fully saturated rings. The zero-order valence-corrected chi connectivity index (χ0v) is 10.8. The first kappa shape index (κ1) is 14.0. The van der Waals surface area contributed by atoms with Gasteiger partial charge < -0.3 is 11.1 Å². The standard InChI is InChI=1S/C13H19ClN2O/c1-10(11-6-2-3-7-12(11)14)16-13(17)8-4-5-9-15/h2-3,6-7,10H,4-5,8-9,15H2,1H3,(H,16,17). The summed E-state index contributed by atoms with van der Waals surface area (Å²) in [6, 6.07) is 7.48. The maximum Gasteiger partial charge on any atom is 0.220 e. The van der Waals surface area contributed by atoms with Gasteiger partial charge in [0.25, 0.3) is 0 Å². The van der Waals surface area contributed by atoms with Crippen LogP contribution in [-0.2, 0) is 4.79 Å². The van der Waals surface area contributed by atoms with E-state index in [2.05, 4.69) is 5.32 Å². The summed E-state index contributed by atoms with van der Waals surface area (Å²) in [4.78, 5) is 11.6. The van der Waals surface area contributed by atoms with E-state index in [-0.39, 0.29) is 11.9 Å². The lowest BCUT2D eigenvalue weighted by molar-refractivity contribution is -0.121. The number of halogens is 1. The van der Waals surface area contributed by atoms with Gasteiger partial charge in [0.1, 0.15) is 0 Å². The highest BCUT2D eigenvalue weighted by Crippen LogP contribution is 2.22. The third kappa shape index (κ3) is 4.75. The summed E-state index contributed by atoms with van der Waals surface area (Å²) >= 11 is 6.06. The van der Waals surface area contributed by atoms with Crippen LogP contribution in [0, 0.1) is 0 Å². The summed E-state index contributed by atoms with van der Waals surface area (Å²) in [5.74, 6) is 0.0471. The van der Waals surface area contributed by atoms with Gasteiger partial charge in [-0.05, 0) is 37.9 Å². The highest BCUT2D eigenvalue weighted by atomic mass is 35.5. The molecule has 17 heavy (non-hydrogen) atoms. The first-order chi connectivity index (χ1) is 8.15. The Morgan fingerprint density at radius 1 is 1.41 bits per heavy atom. The minimum absolute atomic E-state index is 0.0471. The lowest BCUT2D eigenvalue weighted by Gasteiger charge is -2.15. The van der Waals surface area contributed by atoms with Gasteiger partial charge in [-0.1, -0.05) is 29.8 Å². The fourth-order valence-electron chi connectivity index (χ4n) is 1.65. The van der Waals surface area contributed by atoms with Crippen LogP contribution >= 0.6 is 11.6 Å². The lowest BCUT2D eigenvalue weighted by Crippen LogP contribution is -2.26. The minimum Gasteiger partial charge on any atom is -0.350 e. The SMILES string of the molecule is CC(NC(=O)CCCCN)c1ccccc1Cl. The average molecular weight is 255 g/mol.